The van der Waals surface area contributed by atoms with E-state index in [1.54, 1.807) is 0 Å². The van der Waals surface area contributed by atoms with Gasteiger partial charge in [-0.3, -0.25) is 4.68 Å². The number of carboxylic acid groups (broad SMARTS) is 1. The Labute approximate surface area is 155 Å². The van der Waals surface area contributed by atoms with Crippen molar-refractivity contribution in [1.29, 1.82) is 0 Å². The van der Waals surface area contributed by atoms with Crippen molar-refractivity contribution in [2.24, 2.45) is 7.05 Å². The summed E-state index contributed by atoms with van der Waals surface area (Å²) in [4.78, 5) is 11.1. The number of carbonyl (C=O) groups is 1. The van der Waals surface area contributed by atoms with Crippen LogP contribution in [0.3, 0.4) is 0 Å². The maximum absolute atomic E-state index is 12.8. The van der Waals surface area contributed by atoms with Gasteiger partial charge in [-0.15, -0.1) is 0 Å². The molecular formula is C16H14ClF5N2O3. The Bertz CT molecular complexity index is 836. The molecule has 1 aromatic heterocycles. The molecule has 0 bridgehead atoms. The summed E-state index contributed by atoms with van der Waals surface area (Å²) in [7, 11) is 1.37. The maximum atomic E-state index is 12.8. The number of halogens is 6. The van der Waals surface area contributed by atoms with Gasteiger partial charge in [0.25, 0.3) is 0 Å². The van der Waals surface area contributed by atoms with Gasteiger partial charge in [-0.2, -0.15) is 27.1 Å². The number of alkyl halides is 5. The lowest BCUT2D eigenvalue weighted by atomic mass is 10.0. The Morgan fingerprint density at radius 3 is 2.56 bits per heavy atom. The molecule has 5 nitrogen and oxygen atoms in total. The van der Waals surface area contributed by atoms with E-state index in [0.717, 1.165) is 4.68 Å². The van der Waals surface area contributed by atoms with E-state index in [-0.39, 0.29) is 34.9 Å². The lowest BCUT2D eigenvalue weighted by Crippen LogP contribution is -2.08. The second kappa shape index (κ2) is 8.12. The van der Waals surface area contributed by atoms with Crippen LogP contribution in [-0.4, -0.2) is 33.6 Å². The molecule has 148 valence electrons. The minimum atomic E-state index is -4.31. The molecule has 0 radical (unpaired) electrons. The minimum absolute atomic E-state index is 0.00111. The Morgan fingerprint density at radius 1 is 1.37 bits per heavy atom. The molecule has 0 aliphatic carbocycles. The summed E-state index contributed by atoms with van der Waals surface area (Å²) in [5.74, 6) is -1.74. The van der Waals surface area contributed by atoms with Crippen LogP contribution in [-0.2, 0) is 13.5 Å². The molecule has 0 fully saturated rings. The van der Waals surface area contributed by atoms with E-state index in [0.29, 0.717) is 5.56 Å². The highest BCUT2D eigenvalue weighted by Crippen LogP contribution is 2.38. The summed E-state index contributed by atoms with van der Waals surface area (Å²) in [5.41, 5.74) is -0.0317. The third kappa shape index (κ3) is 5.31. The zero-order valence-corrected chi connectivity index (χ0v) is 14.6. The predicted octanol–water partition coefficient (Wildman–Crippen LogP) is 4.93. The molecule has 0 atom stereocenters. The van der Waals surface area contributed by atoms with Crippen molar-refractivity contribution in [3.8, 4) is 17.0 Å². The fourth-order valence-electron chi connectivity index (χ4n) is 2.53. The van der Waals surface area contributed by atoms with Gasteiger partial charge in [0.2, 0.25) is 0 Å². The van der Waals surface area contributed by atoms with Crippen LogP contribution in [0.1, 0.15) is 28.9 Å². The van der Waals surface area contributed by atoms with E-state index in [1.165, 1.54) is 25.2 Å². The number of aromatic carboxylic acids is 1. The Kier molecular flexibility index (Phi) is 6.30. The lowest BCUT2D eigenvalue weighted by Gasteiger charge is -2.14. The molecular weight excluding hydrogens is 399 g/mol. The second-order valence-corrected chi connectivity index (χ2v) is 6.00. The summed E-state index contributed by atoms with van der Waals surface area (Å²) in [6.07, 6.45) is -5.53. The molecule has 0 spiro atoms. The average molecular weight is 413 g/mol. The van der Waals surface area contributed by atoms with Crippen molar-refractivity contribution in [1.82, 2.24) is 9.78 Å². The number of carboxylic acids is 1. The molecule has 2 aromatic rings. The standard InChI is InChI=1S/C16H14ClF5N2O3/c1-24-13(11(17)12(23-24)14(25)26)9-5-4-8(3-2-6-16(20,21)22)7-10(9)27-15(18)19/h4-5,7,15H,2-3,6H2,1H3,(H,25,26). The molecule has 0 saturated carbocycles. The van der Waals surface area contributed by atoms with Crippen LogP contribution in [0.15, 0.2) is 18.2 Å². The molecule has 2 rings (SSSR count). The average Bonchev–Trinajstić information content (AvgIpc) is 2.81. The lowest BCUT2D eigenvalue weighted by molar-refractivity contribution is -0.135. The number of hydrogen-bond donors (Lipinski definition) is 1. The van der Waals surface area contributed by atoms with Gasteiger partial charge in [0.1, 0.15) is 10.8 Å². The highest BCUT2D eigenvalue weighted by molar-refractivity contribution is 6.35. The van der Waals surface area contributed by atoms with Gasteiger partial charge in [0.05, 0.1) is 5.69 Å². The van der Waals surface area contributed by atoms with E-state index in [9.17, 15) is 26.7 Å². The molecule has 0 aliphatic heterocycles. The van der Waals surface area contributed by atoms with Gasteiger partial charge in [0.15, 0.2) is 5.69 Å². The van der Waals surface area contributed by atoms with E-state index in [1.807, 2.05) is 0 Å². The highest BCUT2D eigenvalue weighted by atomic mass is 35.5. The first-order valence-corrected chi connectivity index (χ1v) is 7.98. The fraction of sp³-hybridized carbons (Fsp3) is 0.375. The van der Waals surface area contributed by atoms with Gasteiger partial charge < -0.3 is 9.84 Å². The third-order valence-corrected chi connectivity index (χ3v) is 3.99. The molecule has 0 aliphatic rings. The van der Waals surface area contributed by atoms with Crippen molar-refractivity contribution >= 4 is 17.6 Å². The minimum Gasteiger partial charge on any atom is -0.476 e. The van der Waals surface area contributed by atoms with Gasteiger partial charge in [-0.05, 0) is 30.5 Å². The number of nitrogens with zero attached hydrogens (tertiary/aromatic N) is 2. The molecule has 1 N–H and O–H groups in total. The number of hydrogen-bond acceptors (Lipinski definition) is 3. The van der Waals surface area contributed by atoms with Gasteiger partial charge in [0, 0.05) is 19.0 Å². The summed E-state index contributed by atoms with van der Waals surface area (Å²) in [6, 6.07) is 3.95. The van der Waals surface area contributed by atoms with Gasteiger partial charge in [-0.1, -0.05) is 17.7 Å². The normalized spacial score (nSPS) is 11.9. The van der Waals surface area contributed by atoms with E-state index < -0.39 is 30.9 Å². The summed E-state index contributed by atoms with van der Waals surface area (Å²) < 4.78 is 67.9. The maximum Gasteiger partial charge on any atom is 0.389 e. The summed E-state index contributed by atoms with van der Waals surface area (Å²) in [6.45, 7) is -3.19. The van der Waals surface area contributed by atoms with E-state index in [4.69, 9.17) is 16.7 Å². The van der Waals surface area contributed by atoms with Crippen LogP contribution in [0.4, 0.5) is 22.0 Å². The van der Waals surface area contributed by atoms with E-state index in [2.05, 4.69) is 9.84 Å². The molecule has 0 saturated heterocycles. The largest absolute Gasteiger partial charge is 0.476 e. The van der Waals surface area contributed by atoms with E-state index >= 15 is 0 Å². The number of rotatable bonds is 7. The zero-order chi connectivity index (χ0) is 20.4. The number of aromatic nitrogens is 2. The van der Waals surface area contributed by atoms with Crippen molar-refractivity contribution in [3.63, 3.8) is 0 Å². The Hall–Kier alpha value is -2.36. The monoisotopic (exact) mass is 412 g/mol. The molecule has 0 amide bonds. The van der Waals surface area contributed by atoms with Crippen LogP contribution in [0.2, 0.25) is 5.02 Å². The summed E-state index contributed by atoms with van der Waals surface area (Å²) >= 11 is 6.01. The van der Waals surface area contributed by atoms with Crippen molar-refractivity contribution in [2.75, 3.05) is 0 Å². The first-order valence-electron chi connectivity index (χ1n) is 7.60. The van der Waals surface area contributed by atoms with Crippen LogP contribution < -0.4 is 4.74 Å². The van der Waals surface area contributed by atoms with Gasteiger partial charge in [-0.25, -0.2) is 4.79 Å². The Morgan fingerprint density at radius 2 is 2.04 bits per heavy atom. The third-order valence-electron chi connectivity index (χ3n) is 3.63. The number of aryl methyl sites for hydroxylation is 2. The quantitative estimate of drug-likeness (QED) is 0.655. The SMILES string of the molecule is Cn1nc(C(=O)O)c(Cl)c1-c1ccc(CCCC(F)(F)F)cc1OC(F)F. The summed E-state index contributed by atoms with van der Waals surface area (Å²) in [5, 5.41) is 12.5. The fourth-order valence-corrected chi connectivity index (χ4v) is 2.87. The number of benzene rings is 1. The number of ether oxygens (including phenoxy) is 1. The Balaban J connectivity index is 2.41. The predicted molar refractivity (Wildman–Crippen MR) is 86.2 cm³/mol. The van der Waals surface area contributed by atoms with Crippen molar-refractivity contribution < 1.29 is 36.6 Å². The van der Waals surface area contributed by atoms with Crippen LogP contribution in [0, 0.1) is 0 Å². The topological polar surface area (TPSA) is 64.4 Å². The highest BCUT2D eigenvalue weighted by Gasteiger charge is 2.27. The van der Waals surface area contributed by atoms with Crippen LogP contribution in [0.25, 0.3) is 11.3 Å². The molecule has 0 unspecified atom stereocenters. The van der Waals surface area contributed by atoms with Crippen molar-refractivity contribution in [2.45, 2.75) is 32.1 Å². The second-order valence-electron chi connectivity index (χ2n) is 5.62. The van der Waals surface area contributed by atoms with Crippen molar-refractivity contribution in [3.05, 3.63) is 34.5 Å². The molecule has 1 heterocycles. The molecule has 1 aromatic carbocycles. The smallest absolute Gasteiger partial charge is 0.389 e. The van der Waals surface area contributed by atoms with Crippen LogP contribution in [0.5, 0.6) is 5.75 Å². The molecule has 27 heavy (non-hydrogen) atoms. The first kappa shape index (κ1) is 20.9. The molecule has 11 heteroatoms. The zero-order valence-electron chi connectivity index (χ0n) is 13.9. The van der Waals surface area contributed by atoms with Crippen LogP contribution >= 0.6 is 11.6 Å². The first-order chi connectivity index (χ1) is 12.5. The van der Waals surface area contributed by atoms with Gasteiger partial charge >= 0.3 is 18.8 Å².